The minimum atomic E-state index is 0. The first kappa shape index (κ1) is 14.6. The molecule has 0 saturated carbocycles. The maximum atomic E-state index is 8.66. The monoisotopic (exact) mass is 472 g/mol. The third kappa shape index (κ3) is 3.52. The molecule has 1 heterocycles. The molecule has 0 atom stereocenters. The van der Waals surface area contributed by atoms with Crippen LogP contribution >= 0.6 is 15.9 Å². The molecular formula is C11H7BrN5W-. The third-order valence-electron chi connectivity index (χ3n) is 1.98. The summed E-state index contributed by atoms with van der Waals surface area (Å²) >= 11 is 3.16. The van der Waals surface area contributed by atoms with Crippen LogP contribution in [0.15, 0.2) is 28.7 Å². The number of nitrogen functional groups attached to an aromatic ring is 1. The molecule has 7 heteroatoms. The Morgan fingerprint density at radius 1 is 1.33 bits per heavy atom. The molecule has 3 N–H and O–H groups in total. The fourth-order valence-corrected chi connectivity index (χ4v) is 1.34. The number of rotatable bonds is 2. The Labute approximate surface area is 127 Å². The predicted octanol–water partition coefficient (Wildman–Crippen LogP) is 2.23. The van der Waals surface area contributed by atoms with E-state index in [1.807, 2.05) is 6.07 Å². The topological polar surface area (TPSA) is 87.6 Å². The van der Waals surface area contributed by atoms with Crippen molar-refractivity contribution < 1.29 is 21.1 Å². The van der Waals surface area contributed by atoms with Crippen molar-refractivity contribution in [3.8, 4) is 6.07 Å². The van der Waals surface area contributed by atoms with E-state index in [1.165, 1.54) is 0 Å². The van der Waals surface area contributed by atoms with E-state index in [9.17, 15) is 0 Å². The summed E-state index contributed by atoms with van der Waals surface area (Å²) in [6, 6.07) is 8.98. The van der Waals surface area contributed by atoms with Gasteiger partial charge >= 0.3 is 0 Å². The number of nitrogens with zero attached hydrogens (tertiary/aromatic N) is 3. The maximum Gasteiger partial charge on any atom is 0.112 e. The van der Waals surface area contributed by atoms with Crippen molar-refractivity contribution in [3.63, 3.8) is 0 Å². The van der Waals surface area contributed by atoms with Crippen molar-refractivity contribution in [2.75, 3.05) is 11.1 Å². The van der Waals surface area contributed by atoms with Crippen molar-refractivity contribution >= 4 is 33.4 Å². The summed E-state index contributed by atoms with van der Waals surface area (Å²) in [6.07, 6.45) is 2.68. The van der Waals surface area contributed by atoms with Crippen LogP contribution < -0.4 is 11.1 Å². The smallest absolute Gasteiger partial charge is 0.112 e. The van der Waals surface area contributed by atoms with Crippen molar-refractivity contribution in [3.05, 3.63) is 40.5 Å². The molecule has 2 rings (SSSR count). The number of nitrogens with two attached hydrogens (primary N) is 1. The number of benzene rings is 1. The quantitative estimate of drug-likeness (QED) is 0.654. The summed E-state index contributed by atoms with van der Waals surface area (Å²) in [5.41, 5.74) is 6.98. The maximum absolute atomic E-state index is 8.66. The largest absolute Gasteiger partial charge is 0.434 e. The van der Waals surface area contributed by atoms with Gasteiger partial charge in [-0.2, -0.15) is 5.26 Å². The van der Waals surface area contributed by atoms with Gasteiger partial charge in [0.2, 0.25) is 0 Å². The minimum absolute atomic E-state index is 0. The molecule has 18 heavy (non-hydrogen) atoms. The summed E-state index contributed by atoms with van der Waals surface area (Å²) in [4.78, 5) is 7.96. The Morgan fingerprint density at radius 3 is 2.56 bits per heavy atom. The zero-order chi connectivity index (χ0) is 12.3. The van der Waals surface area contributed by atoms with E-state index in [4.69, 9.17) is 11.0 Å². The normalized spacial score (nSPS) is 9.11. The van der Waals surface area contributed by atoms with E-state index in [0.29, 0.717) is 21.8 Å². The second-order valence-electron chi connectivity index (χ2n) is 3.17. The standard InChI is InChI=1S/C11H7BrN5.W/c12-9-6-15-11(17-10(9)14)16-8-3-1-7(5-13)2-4-8;/h1-4H,(H3,14,15,16,17);/q-1;. The number of aromatic nitrogens is 2. The van der Waals surface area contributed by atoms with Gasteiger partial charge in [-0.25, -0.2) is 0 Å². The van der Waals surface area contributed by atoms with Crippen molar-refractivity contribution in [2.45, 2.75) is 0 Å². The summed E-state index contributed by atoms with van der Waals surface area (Å²) < 4.78 is 0.530. The average Bonchev–Trinajstić information content (AvgIpc) is 2.35. The molecule has 90 valence electrons. The van der Waals surface area contributed by atoms with E-state index in [1.54, 1.807) is 24.3 Å². The van der Waals surface area contributed by atoms with Gasteiger partial charge in [-0.05, 0) is 28.7 Å². The molecule has 0 saturated heterocycles. The molecular weight excluding hydrogens is 466 g/mol. The summed E-state index contributed by atoms with van der Waals surface area (Å²) in [6.45, 7) is 0. The van der Waals surface area contributed by atoms with Gasteiger partial charge in [0.05, 0.1) is 11.6 Å². The Balaban J connectivity index is 0.00000162. The predicted molar refractivity (Wildman–Crippen MR) is 67.4 cm³/mol. The first-order valence-electron chi connectivity index (χ1n) is 4.67. The van der Waals surface area contributed by atoms with Crippen molar-refractivity contribution in [2.24, 2.45) is 0 Å². The molecule has 0 aliphatic heterocycles. The minimum Gasteiger partial charge on any atom is -0.434 e. The van der Waals surface area contributed by atoms with Crippen LogP contribution in [0.5, 0.6) is 0 Å². The third-order valence-corrected chi connectivity index (χ3v) is 2.56. The fraction of sp³-hybridized carbons (Fsp3) is 0. The number of nitriles is 1. The molecule has 0 bridgehead atoms. The van der Waals surface area contributed by atoms with Gasteiger partial charge in [0.1, 0.15) is 5.95 Å². The molecule has 0 aliphatic rings. The van der Waals surface area contributed by atoms with Gasteiger partial charge in [-0.1, -0.05) is 22.1 Å². The molecule has 5 nitrogen and oxygen atoms in total. The van der Waals surface area contributed by atoms with Crippen LogP contribution in [0.4, 0.5) is 17.5 Å². The van der Waals surface area contributed by atoms with Crippen LogP contribution in [0.1, 0.15) is 5.56 Å². The molecule has 0 fully saturated rings. The first-order chi connectivity index (χ1) is 8.19. The molecule has 1 aromatic heterocycles. The Bertz CT molecular complexity index is 579. The van der Waals surface area contributed by atoms with E-state index in [0.717, 1.165) is 5.69 Å². The Kier molecular flexibility index (Phi) is 5.26. The molecule has 0 radical (unpaired) electrons. The summed E-state index contributed by atoms with van der Waals surface area (Å²) in [5, 5.41) is 11.6. The van der Waals surface area contributed by atoms with E-state index < -0.39 is 0 Å². The molecule has 0 aliphatic carbocycles. The van der Waals surface area contributed by atoms with Crippen molar-refractivity contribution in [1.82, 2.24) is 9.97 Å². The summed E-state index contributed by atoms with van der Waals surface area (Å²) in [7, 11) is 0. The van der Waals surface area contributed by atoms with Crippen LogP contribution in [-0.2, 0) is 21.1 Å². The van der Waals surface area contributed by atoms with Crippen molar-refractivity contribution in [1.29, 1.82) is 5.26 Å². The van der Waals surface area contributed by atoms with Crippen LogP contribution in [0.25, 0.3) is 0 Å². The molecule has 0 unspecified atom stereocenters. The number of hydrogen-bond donors (Lipinski definition) is 2. The van der Waals surface area contributed by atoms with Crippen LogP contribution in [0.3, 0.4) is 0 Å². The second-order valence-corrected chi connectivity index (χ2v) is 3.97. The first-order valence-corrected chi connectivity index (χ1v) is 5.46. The van der Waals surface area contributed by atoms with Gasteiger partial charge in [0, 0.05) is 32.6 Å². The Morgan fingerprint density at radius 2 is 2.00 bits per heavy atom. The summed E-state index contributed by atoms with van der Waals surface area (Å²) in [5.74, 6) is 0.673. The Hall–Kier alpha value is -1.44. The number of anilines is 3. The average molecular weight is 473 g/mol. The van der Waals surface area contributed by atoms with Crippen LogP contribution in [0.2, 0.25) is 0 Å². The zero-order valence-corrected chi connectivity index (χ0v) is 13.5. The van der Waals surface area contributed by atoms with Gasteiger partial charge < -0.3 is 21.0 Å². The fourth-order valence-electron chi connectivity index (χ4n) is 1.16. The number of nitrogens with one attached hydrogen (secondary N) is 1. The van der Waals surface area contributed by atoms with E-state index >= 15 is 0 Å². The van der Waals surface area contributed by atoms with Crippen LogP contribution in [-0.4, -0.2) is 9.97 Å². The molecule has 2 aromatic rings. The van der Waals surface area contributed by atoms with Gasteiger partial charge in [0.15, 0.2) is 0 Å². The zero-order valence-electron chi connectivity index (χ0n) is 9.01. The number of halogens is 1. The van der Waals surface area contributed by atoms with E-state index in [2.05, 4.69) is 37.4 Å². The molecule has 0 amide bonds. The van der Waals surface area contributed by atoms with Gasteiger partial charge in [0.25, 0.3) is 0 Å². The van der Waals surface area contributed by atoms with E-state index in [-0.39, 0.29) is 21.1 Å². The molecule has 0 spiro atoms. The second kappa shape index (κ2) is 6.48. The van der Waals surface area contributed by atoms with Gasteiger partial charge in [-0.3, -0.25) is 0 Å². The SMILES string of the molecule is N#Cc1ccc(Nc2n[c-]c(Br)c(N)n2)cc1.[W]. The van der Waals surface area contributed by atoms with Crippen LogP contribution in [0, 0.1) is 17.5 Å². The van der Waals surface area contributed by atoms with Gasteiger partial charge in [-0.15, -0.1) is 0 Å². The molecule has 1 aromatic carbocycles. The number of hydrogen-bond acceptors (Lipinski definition) is 5.